The van der Waals surface area contributed by atoms with Gasteiger partial charge in [-0.15, -0.1) is 0 Å². The van der Waals surface area contributed by atoms with Crippen LogP contribution in [0.5, 0.6) is 0 Å². The number of hydrogen-bond acceptors (Lipinski definition) is 3. The molecule has 1 rings (SSSR count). The molecular formula is C14H26N2O3. The molecule has 0 aromatic rings. The predicted molar refractivity (Wildman–Crippen MR) is 73.5 cm³/mol. The summed E-state index contributed by atoms with van der Waals surface area (Å²) in [6.45, 7) is 4.21. The Bertz CT molecular complexity index is 318. The average molecular weight is 270 g/mol. The van der Waals surface area contributed by atoms with Crippen LogP contribution in [0.2, 0.25) is 0 Å². The molecule has 0 spiro atoms. The van der Waals surface area contributed by atoms with Gasteiger partial charge in [0.15, 0.2) is 0 Å². The number of amides is 1. The highest BCUT2D eigenvalue weighted by Gasteiger charge is 2.32. The van der Waals surface area contributed by atoms with Gasteiger partial charge < -0.3 is 16.2 Å². The van der Waals surface area contributed by atoms with Gasteiger partial charge in [-0.1, -0.05) is 33.1 Å². The number of hydrogen-bond donors (Lipinski definition) is 3. The SMILES string of the molecule is CC(C)C(CN)C(=O)NC1CCCCCC1C(=O)O. The zero-order valence-electron chi connectivity index (χ0n) is 11.9. The second-order valence-corrected chi connectivity index (χ2v) is 5.78. The average Bonchev–Trinajstić information content (AvgIpc) is 2.54. The third kappa shape index (κ3) is 4.49. The van der Waals surface area contributed by atoms with Gasteiger partial charge in [-0.3, -0.25) is 9.59 Å². The Kier molecular flexibility index (Phi) is 6.28. The minimum atomic E-state index is -0.805. The van der Waals surface area contributed by atoms with Crippen LogP contribution in [-0.2, 0) is 9.59 Å². The Morgan fingerprint density at radius 3 is 2.42 bits per heavy atom. The van der Waals surface area contributed by atoms with Gasteiger partial charge in [0.1, 0.15) is 0 Å². The first-order valence-corrected chi connectivity index (χ1v) is 7.20. The second kappa shape index (κ2) is 7.48. The molecule has 5 heteroatoms. The lowest BCUT2D eigenvalue weighted by Gasteiger charge is -2.26. The van der Waals surface area contributed by atoms with E-state index in [0.717, 1.165) is 25.7 Å². The third-order valence-corrected chi connectivity index (χ3v) is 4.06. The third-order valence-electron chi connectivity index (χ3n) is 4.06. The van der Waals surface area contributed by atoms with Crippen LogP contribution in [0.4, 0.5) is 0 Å². The van der Waals surface area contributed by atoms with Gasteiger partial charge in [0, 0.05) is 12.6 Å². The van der Waals surface area contributed by atoms with Gasteiger partial charge in [-0.2, -0.15) is 0 Å². The molecule has 1 aliphatic carbocycles. The Morgan fingerprint density at radius 2 is 1.89 bits per heavy atom. The molecular weight excluding hydrogens is 244 g/mol. The zero-order valence-corrected chi connectivity index (χ0v) is 11.9. The van der Waals surface area contributed by atoms with Crippen LogP contribution in [0.25, 0.3) is 0 Å². The monoisotopic (exact) mass is 270 g/mol. The Morgan fingerprint density at radius 1 is 1.26 bits per heavy atom. The highest BCUT2D eigenvalue weighted by Crippen LogP contribution is 2.24. The first kappa shape index (κ1) is 16.0. The zero-order chi connectivity index (χ0) is 14.4. The van der Waals surface area contributed by atoms with E-state index in [1.165, 1.54) is 0 Å². The number of aliphatic carboxylic acids is 1. The molecule has 5 nitrogen and oxygen atoms in total. The second-order valence-electron chi connectivity index (χ2n) is 5.78. The van der Waals surface area contributed by atoms with Crippen molar-refractivity contribution in [1.29, 1.82) is 0 Å². The van der Waals surface area contributed by atoms with E-state index in [0.29, 0.717) is 13.0 Å². The van der Waals surface area contributed by atoms with Crippen molar-refractivity contribution >= 4 is 11.9 Å². The highest BCUT2D eigenvalue weighted by atomic mass is 16.4. The fourth-order valence-electron chi connectivity index (χ4n) is 2.75. The summed E-state index contributed by atoms with van der Waals surface area (Å²) >= 11 is 0. The van der Waals surface area contributed by atoms with Crippen molar-refractivity contribution in [2.75, 3.05) is 6.54 Å². The number of nitrogens with one attached hydrogen (secondary N) is 1. The minimum Gasteiger partial charge on any atom is -0.481 e. The number of rotatable bonds is 5. The van der Waals surface area contributed by atoms with Crippen LogP contribution < -0.4 is 11.1 Å². The Hall–Kier alpha value is -1.10. The Labute approximate surface area is 114 Å². The quantitative estimate of drug-likeness (QED) is 0.658. The van der Waals surface area contributed by atoms with Crippen molar-refractivity contribution in [3.8, 4) is 0 Å². The smallest absolute Gasteiger partial charge is 0.308 e. The molecule has 1 amide bonds. The fraction of sp³-hybridized carbons (Fsp3) is 0.857. The summed E-state index contributed by atoms with van der Waals surface area (Å²) in [7, 11) is 0. The maximum atomic E-state index is 12.2. The molecule has 1 fully saturated rings. The highest BCUT2D eigenvalue weighted by molar-refractivity contribution is 5.80. The van der Waals surface area contributed by atoms with Crippen LogP contribution in [0.1, 0.15) is 46.0 Å². The molecule has 0 aliphatic heterocycles. The number of carboxylic acids is 1. The maximum absolute atomic E-state index is 12.2. The molecule has 1 aliphatic rings. The van der Waals surface area contributed by atoms with E-state index in [1.807, 2.05) is 13.8 Å². The van der Waals surface area contributed by atoms with Crippen molar-refractivity contribution in [3.05, 3.63) is 0 Å². The van der Waals surface area contributed by atoms with Gasteiger partial charge in [0.05, 0.1) is 11.8 Å². The number of carbonyl (C=O) groups is 2. The summed E-state index contributed by atoms with van der Waals surface area (Å²) in [5, 5.41) is 12.2. The molecule has 19 heavy (non-hydrogen) atoms. The standard InChI is InChI=1S/C14H26N2O3/c1-9(2)11(8-15)13(17)16-12-7-5-3-4-6-10(12)14(18)19/h9-12H,3-8,15H2,1-2H3,(H,16,17)(H,18,19). The molecule has 0 saturated heterocycles. The van der Waals surface area contributed by atoms with E-state index in [-0.39, 0.29) is 23.8 Å². The normalized spacial score (nSPS) is 25.7. The van der Waals surface area contributed by atoms with Crippen LogP contribution in [0.15, 0.2) is 0 Å². The molecule has 0 aromatic heterocycles. The summed E-state index contributed by atoms with van der Waals surface area (Å²) in [5.41, 5.74) is 5.63. The van der Waals surface area contributed by atoms with Gasteiger partial charge >= 0.3 is 5.97 Å². The van der Waals surface area contributed by atoms with E-state index in [4.69, 9.17) is 5.73 Å². The largest absolute Gasteiger partial charge is 0.481 e. The predicted octanol–water partition coefficient (Wildman–Crippen LogP) is 1.37. The van der Waals surface area contributed by atoms with E-state index in [2.05, 4.69) is 5.32 Å². The summed E-state index contributed by atoms with van der Waals surface area (Å²) < 4.78 is 0. The van der Waals surface area contributed by atoms with Crippen LogP contribution >= 0.6 is 0 Å². The number of carboxylic acid groups (broad SMARTS) is 1. The summed E-state index contributed by atoms with van der Waals surface area (Å²) in [4.78, 5) is 23.5. The van der Waals surface area contributed by atoms with Crippen molar-refractivity contribution in [3.63, 3.8) is 0 Å². The van der Waals surface area contributed by atoms with E-state index in [9.17, 15) is 14.7 Å². The van der Waals surface area contributed by atoms with Gasteiger partial charge in [0.25, 0.3) is 0 Å². The molecule has 0 bridgehead atoms. The molecule has 110 valence electrons. The minimum absolute atomic E-state index is 0.101. The Balaban J connectivity index is 2.70. The molecule has 0 radical (unpaired) electrons. The first-order valence-electron chi connectivity index (χ1n) is 7.20. The van der Waals surface area contributed by atoms with Gasteiger partial charge in [-0.25, -0.2) is 0 Å². The maximum Gasteiger partial charge on any atom is 0.308 e. The van der Waals surface area contributed by atoms with Crippen LogP contribution in [0.3, 0.4) is 0 Å². The fourth-order valence-corrected chi connectivity index (χ4v) is 2.75. The topological polar surface area (TPSA) is 92.4 Å². The number of carbonyl (C=O) groups excluding carboxylic acids is 1. The van der Waals surface area contributed by atoms with Gasteiger partial charge in [-0.05, 0) is 18.8 Å². The molecule has 3 unspecified atom stereocenters. The van der Waals surface area contributed by atoms with Gasteiger partial charge in [0.2, 0.25) is 5.91 Å². The lowest BCUT2D eigenvalue weighted by Crippen LogP contribution is -2.47. The molecule has 0 aromatic carbocycles. The molecule has 1 saturated carbocycles. The van der Waals surface area contributed by atoms with Crippen molar-refractivity contribution in [2.24, 2.45) is 23.5 Å². The first-order chi connectivity index (χ1) is 8.97. The van der Waals surface area contributed by atoms with Crippen molar-refractivity contribution < 1.29 is 14.7 Å². The van der Waals surface area contributed by atoms with Crippen molar-refractivity contribution in [1.82, 2.24) is 5.32 Å². The van der Waals surface area contributed by atoms with Crippen molar-refractivity contribution in [2.45, 2.75) is 52.0 Å². The summed E-state index contributed by atoms with van der Waals surface area (Å²) in [6.07, 6.45) is 4.34. The van der Waals surface area contributed by atoms with E-state index in [1.54, 1.807) is 0 Å². The summed E-state index contributed by atoms with van der Waals surface area (Å²) in [6, 6.07) is -0.250. The van der Waals surface area contributed by atoms with E-state index >= 15 is 0 Å². The van der Waals surface area contributed by atoms with Crippen LogP contribution in [0, 0.1) is 17.8 Å². The molecule has 4 N–H and O–H groups in total. The van der Waals surface area contributed by atoms with E-state index < -0.39 is 11.9 Å². The lowest BCUT2D eigenvalue weighted by molar-refractivity contribution is -0.143. The number of nitrogens with two attached hydrogens (primary N) is 1. The summed E-state index contributed by atoms with van der Waals surface area (Å²) in [5.74, 6) is -1.44. The lowest BCUT2D eigenvalue weighted by atomic mass is 9.91. The molecule has 0 heterocycles. The molecule has 3 atom stereocenters. The van der Waals surface area contributed by atoms with Crippen LogP contribution in [-0.4, -0.2) is 29.6 Å².